The van der Waals surface area contributed by atoms with Gasteiger partial charge in [-0.25, -0.2) is 0 Å². The van der Waals surface area contributed by atoms with E-state index in [4.69, 9.17) is 4.74 Å². The number of carboxylic acid groups (broad SMARTS) is 1. The molecule has 0 bridgehead atoms. The van der Waals surface area contributed by atoms with E-state index in [0.717, 1.165) is 77.4 Å². The number of carboxylic acids is 1. The molecule has 4 fully saturated rings. The topological polar surface area (TPSA) is 61.8 Å². The lowest BCUT2D eigenvalue weighted by molar-refractivity contribution is -0.157. The number of benzene rings is 1. The normalized spacial score (nSPS) is 29.1. The molecule has 5 rings (SSSR count). The van der Waals surface area contributed by atoms with Crippen LogP contribution >= 0.6 is 0 Å². The molecule has 4 aliphatic rings. The molecule has 5 heteroatoms. The first kappa shape index (κ1) is 22.4. The van der Waals surface area contributed by atoms with Gasteiger partial charge in [-0.15, -0.1) is 0 Å². The Labute approximate surface area is 192 Å². The Kier molecular flexibility index (Phi) is 6.60. The van der Waals surface area contributed by atoms with Crippen molar-refractivity contribution in [3.05, 3.63) is 35.9 Å². The lowest BCUT2D eigenvalue weighted by Crippen LogP contribution is -2.53. The predicted molar refractivity (Wildman–Crippen MR) is 126 cm³/mol. The summed E-state index contributed by atoms with van der Waals surface area (Å²) in [5, 5.41) is 13.6. The van der Waals surface area contributed by atoms with Gasteiger partial charge in [0.05, 0.1) is 12.0 Å². The van der Waals surface area contributed by atoms with Crippen molar-refractivity contribution >= 4 is 5.97 Å². The summed E-state index contributed by atoms with van der Waals surface area (Å²) in [6, 6.07) is 11.5. The van der Waals surface area contributed by atoms with Crippen LogP contribution in [0.3, 0.4) is 0 Å². The van der Waals surface area contributed by atoms with Gasteiger partial charge in [0.25, 0.3) is 0 Å². The molecule has 32 heavy (non-hydrogen) atoms. The molecule has 1 unspecified atom stereocenters. The molecule has 0 radical (unpaired) electrons. The largest absolute Gasteiger partial charge is 0.481 e. The molecule has 1 aromatic carbocycles. The SMILES string of the molecule is O=C(O)C1(CN2CCC(CN[C@@H]3CC3c3ccccc3)(COCC3CCC3)CC2)CCC1. The summed E-state index contributed by atoms with van der Waals surface area (Å²) in [4.78, 5) is 14.2. The first-order valence-corrected chi connectivity index (χ1v) is 12.9. The van der Waals surface area contributed by atoms with Crippen molar-refractivity contribution in [2.75, 3.05) is 39.4 Å². The summed E-state index contributed by atoms with van der Waals surface area (Å²) in [7, 11) is 0. The van der Waals surface area contributed by atoms with Crippen molar-refractivity contribution in [2.24, 2.45) is 16.7 Å². The van der Waals surface area contributed by atoms with Crippen LogP contribution in [0.15, 0.2) is 30.3 Å². The molecule has 3 saturated carbocycles. The highest BCUT2D eigenvalue weighted by molar-refractivity contribution is 5.76. The van der Waals surface area contributed by atoms with Gasteiger partial charge in [0.15, 0.2) is 0 Å². The molecule has 0 aromatic heterocycles. The van der Waals surface area contributed by atoms with Crippen molar-refractivity contribution in [3.63, 3.8) is 0 Å². The van der Waals surface area contributed by atoms with Crippen LogP contribution in [-0.2, 0) is 9.53 Å². The Morgan fingerprint density at radius 3 is 2.44 bits per heavy atom. The first-order chi connectivity index (χ1) is 15.6. The molecule has 0 spiro atoms. The summed E-state index contributed by atoms with van der Waals surface area (Å²) in [5.74, 6) is 0.838. The molecule has 176 valence electrons. The van der Waals surface area contributed by atoms with Gasteiger partial charge in [0, 0.05) is 37.1 Å². The fourth-order valence-electron chi connectivity index (χ4n) is 5.97. The molecular weight excluding hydrogens is 400 g/mol. The Bertz CT molecular complexity index is 766. The summed E-state index contributed by atoms with van der Waals surface area (Å²) in [5.41, 5.74) is 1.16. The molecule has 0 amide bonds. The van der Waals surface area contributed by atoms with E-state index >= 15 is 0 Å². The van der Waals surface area contributed by atoms with E-state index in [9.17, 15) is 9.90 Å². The zero-order valence-corrected chi connectivity index (χ0v) is 19.4. The number of nitrogens with zero attached hydrogens (tertiary/aromatic N) is 1. The van der Waals surface area contributed by atoms with Crippen LogP contribution in [0.4, 0.5) is 0 Å². The second kappa shape index (κ2) is 9.44. The average molecular weight is 441 g/mol. The maximum Gasteiger partial charge on any atom is 0.310 e. The maximum atomic E-state index is 11.8. The number of likely N-dealkylation sites (tertiary alicyclic amines) is 1. The predicted octanol–water partition coefficient (Wildman–Crippen LogP) is 4.29. The number of hydrogen-bond acceptors (Lipinski definition) is 4. The second-order valence-corrected chi connectivity index (χ2v) is 11.3. The monoisotopic (exact) mass is 440 g/mol. The van der Waals surface area contributed by atoms with Gasteiger partial charge in [-0.3, -0.25) is 4.79 Å². The molecule has 1 aromatic rings. The highest BCUT2D eigenvalue weighted by atomic mass is 16.5. The van der Waals surface area contributed by atoms with Gasteiger partial charge in [-0.05, 0) is 69.5 Å². The fraction of sp³-hybridized carbons (Fsp3) is 0.741. The zero-order chi connectivity index (χ0) is 22.0. The van der Waals surface area contributed by atoms with Crippen LogP contribution in [0.2, 0.25) is 0 Å². The molecule has 2 atom stereocenters. The van der Waals surface area contributed by atoms with Gasteiger partial charge < -0.3 is 20.1 Å². The van der Waals surface area contributed by atoms with Crippen LogP contribution in [0, 0.1) is 16.7 Å². The Morgan fingerprint density at radius 1 is 1.09 bits per heavy atom. The van der Waals surface area contributed by atoms with Crippen LogP contribution in [0.1, 0.15) is 69.3 Å². The minimum atomic E-state index is -0.591. The van der Waals surface area contributed by atoms with Gasteiger partial charge in [-0.1, -0.05) is 43.2 Å². The van der Waals surface area contributed by atoms with Crippen molar-refractivity contribution in [1.82, 2.24) is 10.2 Å². The molecule has 1 saturated heterocycles. The van der Waals surface area contributed by atoms with E-state index in [1.165, 1.54) is 31.2 Å². The third-order valence-corrected chi connectivity index (χ3v) is 8.95. The van der Waals surface area contributed by atoms with Crippen molar-refractivity contribution in [3.8, 4) is 0 Å². The number of carbonyl (C=O) groups is 1. The van der Waals surface area contributed by atoms with Crippen LogP contribution in [0.5, 0.6) is 0 Å². The quantitative estimate of drug-likeness (QED) is 0.538. The summed E-state index contributed by atoms with van der Waals surface area (Å²) < 4.78 is 6.30. The van der Waals surface area contributed by atoms with E-state index in [-0.39, 0.29) is 5.41 Å². The number of piperidine rings is 1. The lowest BCUT2D eigenvalue weighted by Gasteiger charge is -2.47. The van der Waals surface area contributed by atoms with Gasteiger partial charge >= 0.3 is 5.97 Å². The number of rotatable bonds is 11. The van der Waals surface area contributed by atoms with Crippen molar-refractivity contribution < 1.29 is 14.6 Å². The van der Waals surface area contributed by atoms with E-state index in [1.807, 2.05) is 0 Å². The molecule has 2 N–H and O–H groups in total. The number of aliphatic carboxylic acids is 1. The lowest BCUT2D eigenvalue weighted by atomic mass is 9.68. The van der Waals surface area contributed by atoms with Gasteiger partial charge in [0.1, 0.15) is 0 Å². The molecular formula is C27H40N2O3. The summed E-state index contributed by atoms with van der Waals surface area (Å²) in [6.45, 7) is 5.50. The van der Waals surface area contributed by atoms with Crippen LogP contribution in [0.25, 0.3) is 0 Å². The Balaban J connectivity index is 1.15. The van der Waals surface area contributed by atoms with Gasteiger partial charge in [-0.2, -0.15) is 0 Å². The van der Waals surface area contributed by atoms with E-state index in [2.05, 4.69) is 40.5 Å². The molecule has 5 nitrogen and oxygen atoms in total. The van der Waals surface area contributed by atoms with E-state index < -0.39 is 11.4 Å². The molecule has 3 aliphatic carbocycles. The number of nitrogens with one attached hydrogen (secondary N) is 1. The standard InChI is InChI=1S/C27H40N2O3/c30-25(31)27(10-5-11-27)19-29-14-12-26(13-15-29,20-32-17-21-6-4-7-21)18-28-24-16-23(24)22-8-2-1-3-9-22/h1-3,8-9,21,23-24,28H,4-7,10-20H2,(H,30,31)/t23?,24-/m1/s1. The molecule has 1 heterocycles. The summed E-state index contributed by atoms with van der Waals surface area (Å²) >= 11 is 0. The minimum absolute atomic E-state index is 0.181. The minimum Gasteiger partial charge on any atom is -0.481 e. The zero-order valence-electron chi connectivity index (χ0n) is 19.4. The summed E-state index contributed by atoms with van der Waals surface area (Å²) in [6.07, 6.45) is 10.2. The van der Waals surface area contributed by atoms with Crippen LogP contribution < -0.4 is 5.32 Å². The van der Waals surface area contributed by atoms with Crippen molar-refractivity contribution in [1.29, 1.82) is 0 Å². The Hall–Kier alpha value is -1.43. The number of ether oxygens (including phenoxy) is 1. The Morgan fingerprint density at radius 2 is 1.84 bits per heavy atom. The van der Waals surface area contributed by atoms with Gasteiger partial charge in [0.2, 0.25) is 0 Å². The van der Waals surface area contributed by atoms with Crippen molar-refractivity contribution in [2.45, 2.75) is 69.7 Å². The maximum absolute atomic E-state index is 11.8. The third kappa shape index (κ3) is 4.90. The van der Waals surface area contributed by atoms with Crippen LogP contribution in [-0.4, -0.2) is 61.4 Å². The third-order valence-electron chi connectivity index (χ3n) is 8.95. The fourth-order valence-corrected chi connectivity index (χ4v) is 5.97. The first-order valence-electron chi connectivity index (χ1n) is 12.9. The number of hydrogen-bond donors (Lipinski definition) is 2. The highest BCUT2D eigenvalue weighted by Gasteiger charge is 2.47. The smallest absolute Gasteiger partial charge is 0.310 e. The second-order valence-electron chi connectivity index (χ2n) is 11.3. The van der Waals surface area contributed by atoms with E-state index in [1.54, 1.807) is 0 Å². The molecule has 1 aliphatic heterocycles. The highest BCUT2D eigenvalue weighted by Crippen LogP contribution is 2.44. The average Bonchev–Trinajstić information content (AvgIpc) is 3.53. The van der Waals surface area contributed by atoms with E-state index in [0.29, 0.717) is 12.0 Å².